The zero-order valence-corrected chi connectivity index (χ0v) is 40.9. The van der Waals surface area contributed by atoms with Crippen molar-refractivity contribution >= 4 is 65.4 Å². The van der Waals surface area contributed by atoms with Crippen LogP contribution in [0.3, 0.4) is 0 Å². The van der Waals surface area contributed by atoms with Crippen LogP contribution in [0.25, 0.3) is 128 Å². The van der Waals surface area contributed by atoms with Gasteiger partial charge in [-0.1, -0.05) is 121 Å². The van der Waals surface area contributed by atoms with Crippen molar-refractivity contribution in [3.8, 4) is 86.4 Å². The first-order valence-electron chi connectivity index (χ1n) is 25.0. The van der Waals surface area contributed by atoms with Crippen molar-refractivity contribution in [2.24, 2.45) is 0 Å². The summed E-state index contributed by atoms with van der Waals surface area (Å²) < 4.78 is 6.78. The van der Waals surface area contributed by atoms with Crippen LogP contribution >= 0.6 is 0 Å². The predicted molar refractivity (Wildman–Crippen MR) is 306 cm³/mol. The molecule has 0 aliphatic carbocycles. The molecule has 0 aliphatic heterocycles. The van der Waals surface area contributed by atoms with E-state index in [9.17, 15) is 21.0 Å². The van der Waals surface area contributed by atoms with Crippen LogP contribution in [0.15, 0.2) is 224 Å². The molecule has 0 saturated carbocycles. The zero-order chi connectivity index (χ0) is 51.7. The Labute approximate surface area is 441 Å². The highest BCUT2D eigenvalue weighted by Gasteiger charge is 2.22. The fourth-order valence-electron chi connectivity index (χ4n) is 11.3. The molecule has 9 heteroatoms. The van der Waals surface area contributed by atoms with Crippen molar-refractivity contribution < 1.29 is 0 Å². The number of para-hydroxylation sites is 4. The number of nitriles is 4. The molecule has 0 atom stereocenters. The highest BCUT2D eigenvalue weighted by Crippen LogP contribution is 2.41. The molecule has 0 N–H and O–H groups in total. The van der Waals surface area contributed by atoms with Crippen molar-refractivity contribution in [2.75, 3.05) is 0 Å². The molecule has 10 aromatic carbocycles. The smallest absolute Gasteiger partial charge is 0.160 e. The molecule has 0 fully saturated rings. The molecule has 4 aromatic heterocycles. The molecular weight excluding hydrogens is 943 g/mol. The third-order valence-corrected chi connectivity index (χ3v) is 14.8. The minimum absolute atomic E-state index is 0.407. The van der Waals surface area contributed by atoms with E-state index < -0.39 is 0 Å². The van der Waals surface area contributed by atoms with Gasteiger partial charge in [0.25, 0.3) is 0 Å². The number of aromatic nitrogens is 5. The maximum Gasteiger partial charge on any atom is 0.160 e. The molecule has 354 valence electrons. The molecule has 0 bridgehead atoms. The Morgan fingerprint density at radius 1 is 0.299 bits per heavy atom. The summed E-state index contributed by atoms with van der Waals surface area (Å²) in [5.41, 5.74) is 15.4. The Kier molecular flexibility index (Phi) is 10.2. The van der Waals surface area contributed by atoms with Gasteiger partial charge < -0.3 is 13.7 Å². The van der Waals surface area contributed by atoms with Crippen LogP contribution in [0.2, 0.25) is 0 Å². The van der Waals surface area contributed by atoms with E-state index >= 15 is 0 Å². The molecule has 9 nitrogen and oxygen atoms in total. The van der Waals surface area contributed by atoms with Crippen LogP contribution < -0.4 is 0 Å². The fourth-order valence-corrected chi connectivity index (χ4v) is 11.3. The van der Waals surface area contributed by atoms with Crippen molar-refractivity contribution in [3.63, 3.8) is 0 Å². The summed E-state index contributed by atoms with van der Waals surface area (Å²) in [5, 5.41) is 48.2. The SMILES string of the molecule is N#Cc1cccc(-c2cc(-c3ccc(-c4cc(C#N)c(-n5c6ccc(-n7c8ccccc8c8ccccc87)cc6c6cc(-n7c8ccccc8c8ccccc87)ccc65)cc4C#N)cc3)nc(-c3cccc(C#N)c3)n2)c1. The van der Waals surface area contributed by atoms with E-state index in [1.807, 2.05) is 60.7 Å². The van der Waals surface area contributed by atoms with Gasteiger partial charge in [-0.2, -0.15) is 21.0 Å². The van der Waals surface area contributed by atoms with E-state index in [1.54, 1.807) is 30.3 Å². The van der Waals surface area contributed by atoms with Crippen LogP contribution in [-0.4, -0.2) is 23.7 Å². The number of nitrogens with zero attached hydrogens (tertiary/aromatic N) is 9. The summed E-state index contributed by atoms with van der Waals surface area (Å²) in [6.45, 7) is 0. The Bertz CT molecular complexity index is 4630. The van der Waals surface area contributed by atoms with Crippen molar-refractivity contribution in [2.45, 2.75) is 0 Å². The standard InChI is InChI=1S/C68H37N9/c69-38-42-11-9-13-46(31-42)60-37-59(73-68(74-60)47-14-10-12-43(32-47)39-70)45-25-23-44(24-26-45)56-33-49(41-72)67(34-48(56)40-71)77-65-29-27-50(75-61-19-5-1-15-52(61)53-16-2-6-20-62(53)75)35-57(65)58-36-51(28-30-66(58)77)76-63-21-7-3-17-54(63)55-18-4-8-22-64(55)76/h1-37H. The summed E-state index contributed by atoms with van der Waals surface area (Å²) >= 11 is 0. The van der Waals surface area contributed by atoms with Crippen LogP contribution in [-0.2, 0) is 0 Å². The Hall–Kier alpha value is -11.4. The second-order valence-corrected chi connectivity index (χ2v) is 19.0. The lowest BCUT2D eigenvalue weighted by atomic mass is 9.95. The number of hydrogen-bond donors (Lipinski definition) is 0. The van der Waals surface area contributed by atoms with Crippen LogP contribution in [0.5, 0.6) is 0 Å². The molecule has 4 heterocycles. The summed E-state index contributed by atoms with van der Waals surface area (Å²) in [4.78, 5) is 9.88. The Balaban J connectivity index is 0.931. The minimum atomic E-state index is 0.407. The number of benzene rings is 10. The topological polar surface area (TPSA) is 136 Å². The first-order chi connectivity index (χ1) is 38.0. The molecule has 0 spiro atoms. The van der Waals surface area contributed by atoms with Crippen LogP contribution in [0.4, 0.5) is 0 Å². The summed E-state index contributed by atoms with van der Waals surface area (Å²) in [6.07, 6.45) is 0. The normalized spacial score (nSPS) is 11.3. The highest BCUT2D eigenvalue weighted by molar-refractivity contribution is 6.14. The van der Waals surface area contributed by atoms with E-state index in [4.69, 9.17) is 9.97 Å². The number of fused-ring (bicyclic) bond motifs is 9. The fraction of sp³-hybridized carbons (Fsp3) is 0. The van der Waals surface area contributed by atoms with Gasteiger partial charge in [-0.15, -0.1) is 0 Å². The molecule has 14 aromatic rings. The lowest BCUT2D eigenvalue weighted by Crippen LogP contribution is -2.01. The van der Waals surface area contributed by atoms with Gasteiger partial charge in [-0.05, 0) is 109 Å². The van der Waals surface area contributed by atoms with Crippen molar-refractivity contribution in [1.29, 1.82) is 21.0 Å². The molecule has 14 rings (SSSR count). The molecule has 0 amide bonds. The van der Waals surface area contributed by atoms with Gasteiger partial charge in [0.15, 0.2) is 5.82 Å². The summed E-state index contributed by atoms with van der Waals surface area (Å²) in [7, 11) is 0. The molecule has 77 heavy (non-hydrogen) atoms. The van der Waals surface area contributed by atoms with Crippen LogP contribution in [0.1, 0.15) is 22.3 Å². The van der Waals surface area contributed by atoms with Gasteiger partial charge in [-0.25, -0.2) is 9.97 Å². The lowest BCUT2D eigenvalue weighted by molar-refractivity contribution is 1.15. The van der Waals surface area contributed by atoms with Gasteiger partial charge in [-0.3, -0.25) is 0 Å². The van der Waals surface area contributed by atoms with E-state index in [1.165, 1.54) is 21.5 Å². The number of rotatable bonds is 7. The minimum Gasteiger partial charge on any atom is -0.309 e. The molecular formula is C68H37N9. The van der Waals surface area contributed by atoms with E-state index in [2.05, 4.69) is 171 Å². The lowest BCUT2D eigenvalue weighted by Gasteiger charge is -2.15. The second-order valence-electron chi connectivity index (χ2n) is 19.0. The quantitative estimate of drug-likeness (QED) is 0.156. The third kappa shape index (κ3) is 7.13. The van der Waals surface area contributed by atoms with E-state index in [-0.39, 0.29) is 0 Å². The van der Waals surface area contributed by atoms with Crippen molar-refractivity contribution in [1.82, 2.24) is 23.7 Å². The molecule has 0 unspecified atom stereocenters. The van der Waals surface area contributed by atoms with Gasteiger partial charge in [0.05, 0.1) is 90.6 Å². The average Bonchev–Trinajstić information content (AvgIpc) is 4.23. The van der Waals surface area contributed by atoms with Crippen LogP contribution in [0, 0.1) is 45.3 Å². The average molecular weight is 980 g/mol. The summed E-state index contributed by atoms with van der Waals surface area (Å²) in [6, 6.07) is 84.3. The largest absolute Gasteiger partial charge is 0.309 e. The van der Waals surface area contributed by atoms with Gasteiger partial charge in [0.1, 0.15) is 6.07 Å². The monoisotopic (exact) mass is 979 g/mol. The molecule has 0 saturated heterocycles. The van der Waals surface area contributed by atoms with Gasteiger partial charge in [0.2, 0.25) is 0 Å². The van der Waals surface area contributed by atoms with Gasteiger partial charge >= 0.3 is 0 Å². The van der Waals surface area contributed by atoms with Crippen molar-refractivity contribution in [3.05, 3.63) is 247 Å². The first kappa shape index (κ1) is 44.3. The van der Waals surface area contributed by atoms with E-state index in [0.717, 1.165) is 71.9 Å². The molecule has 0 radical (unpaired) electrons. The number of hydrogen-bond acceptors (Lipinski definition) is 6. The first-order valence-corrected chi connectivity index (χ1v) is 25.0. The van der Waals surface area contributed by atoms with Gasteiger partial charge in [0, 0.05) is 65.9 Å². The van der Waals surface area contributed by atoms with E-state index in [0.29, 0.717) is 56.3 Å². The predicted octanol–water partition coefficient (Wildman–Crippen LogP) is 15.9. The zero-order valence-electron chi connectivity index (χ0n) is 40.9. The Morgan fingerprint density at radius 3 is 1.23 bits per heavy atom. The molecule has 0 aliphatic rings. The maximum atomic E-state index is 11.1. The second kappa shape index (κ2) is 17.7. The summed E-state index contributed by atoms with van der Waals surface area (Å²) in [5.74, 6) is 0.429. The maximum absolute atomic E-state index is 11.1. The Morgan fingerprint density at radius 2 is 0.740 bits per heavy atom. The highest BCUT2D eigenvalue weighted by atomic mass is 15.0. The third-order valence-electron chi connectivity index (χ3n) is 14.8.